The third kappa shape index (κ3) is 2.70. The highest BCUT2D eigenvalue weighted by atomic mass is 16.2. The zero-order chi connectivity index (χ0) is 13.0. The number of H-pyrrole nitrogens is 1. The first-order valence-electron chi connectivity index (χ1n) is 6.33. The number of aromatic amines is 1. The summed E-state index contributed by atoms with van der Waals surface area (Å²) >= 11 is 0. The number of carbonyl (C=O) groups excluding carboxylic acids is 1. The highest BCUT2D eigenvalue weighted by Gasteiger charge is 2.26. The second kappa shape index (κ2) is 5.67. The molecule has 1 aliphatic rings. The minimum Gasteiger partial charge on any atom is -0.332 e. The lowest BCUT2D eigenvalue weighted by Gasteiger charge is -2.27. The van der Waals surface area contributed by atoms with Crippen molar-refractivity contribution in [1.82, 2.24) is 9.88 Å². The molecule has 1 heterocycles. The molecule has 1 fully saturated rings. The molecular formula is C14H18N2O2. The average molecular weight is 246 g/mol. The molecule has 1 N–H and O–H groups in total. The van der Waals surface area contributed by atoms with Gasteiger partial charge in [-0.05, 0) is 18.9 Å². The Bertz CT molecular complexity index is 487. The maximum Gasteiger partial charge on any atom is 0.254 e. The number of hydrogen-bond acceptors (Lipinski definition) is 2. The summed E-state index contributed by atoms with van der Waals surface area (Å²) in [6.45, 7) is 4.24. The molecule has 4 nitrogen and oxygen atoms in total. The van der Waals surface area contributed by atoms with Crippen molar-refractivity contribution in [2.75, 3.05) is 6.54 Å². The van der Waals surface area contributed by atoms with Crippen LogP contribution >= 0.6 is 0 Å². The van der Waals surface area contributed by atoms with Crippen molar-refractivity contribution < 1.29 is 4.79 Å². The lowest BCUT2D eigenvalue weighted by Crippen LogP contribution is -2.39. The van der Waals surface area contributed by atoms with Crippen LogP contribution in [0.1, 0.15) is 36.0 Å². The van der Waals surface area contributed by atoms with Crippen molar-refractivity contribution in [2.24, 2.45) is 0 Å². The summed E-state index contributed by atoms with van der Waals surface area (Å²) in [5.74, 6) is -0.0760. The van der Waals surface area contributed by atoms with Crippen LogP contribution in [0.3, 0.4) is 0 Å². The van der Waals surface area contributed by atoms with Crippen LogP contribution in [0.15, 0.2) is 35.8 Å². The fourth-order valence-electron chi connectivity index (χ4n) is 2.50. The van der Waals surface area contributed by atoms with Crippen molar-refractivity contribution in [2.45, 2.75) is 31.7 Å². The second-order valence-electron chi connectivity index (χ2n) is 4.63. The first-order valence-corrected chi connectivity index (χ1v) is 6.33. The summed E-state index contributed by atoms with van der Waals surface area (Å²) in [4.78, 5) is 28.0. The van der Waals surface area contributed by atoms with Crippen LogP contribution in [0, 0.1) is 0 Å². The van der Waals surface area contributed by atoms with Gasteiger partial charge in [-0.2, -0.15) is 0 Å². The smallest absolute Gasteiger partial charge is 0.254 e. The van der Waals surface area contributed by atoms with Crippen molar-refractivity contribution in [3.63, 3.8) is 0 Å². The minimum absolute atomic E-state index is 0.0760. The molecule has 1 aromatic rings. The zero-order valence-electron chi connectivity index (χ0n) is 10.4. The monoisotopic (exact) mass is 246 g/mol. The molecule has 2 rings (SSSR count). The van der Waals surface area contributed by atoms with E-state index in [1.807, 2.05) is 4.90 Å². The minimum atomic E-state index is -0.245. The van der Waals surface area contributed by atoms with Crippen molar-refractivity contribution in [3.8, 4) is 0 Å². The highest BCUT2D eigenvalue weighted by molar-refractivity contribution is 5.94. The van der Waals surface area contributed by atoms with E-state index in [4.69, 9.17) is 0 Å². The van der Waals surface area contributed by atoms with E-state index in [1.165, 1.54) is 25.1 Å². The van der Waals surface area contributed by atoms with E-state index in [1.54, 1.807) is 12.1 Å². The Balaban J connectivity index is 2.22. The van der Waals surface area contributed by atoms with Crippen molar-refractivity contribution in [3.05, 3.63) is 46.9 Å². The number of hydrogen-bond donors (Lipinski definition) is 1. The van der Waals surface area contributed by atoms with Crippen LogP contribution in [0.5, 0.6) is 0 Å². The van der Waals surface area contributed by atoms with Crippen LogP contribution in [0.2, 0.25) is 0 Å². The van der Waals surface area contributed by atoms with Gasteiger partial charge < -0.3 is 9.88 Å². The quantitative estimate of drug-likeness (QED) is 0.825. The SMILES string of the molecule is C=CCN(C(=O)c1cc[nH]c(=O)c1)C1CCCC1. The largest absolute Gasteiger partial charge is 0.332 e. The maximum atomic E-state index is 12.4. The molecule has 0 saturated heterocycles. The van der Waals surface area contributed by atoms with Gasteiger partial charge in [-0.1, -0.05) is 18.9 Å². The van der Waals surface area contributed by atoms with Gasteiger partial charge in [-0.25, -0.2) is 0 Å². The van der Waals surface area contributed by atoms with Gasteiger partial charge in [0.1, 0.15) is 0 Å². The fourth-order valence-corrected chi connectivity index (χ4v) is 2.50. The Labute approximate surface area is 106 Å². The zero-order valence-corrected chi connectivity index (χ0v) is 10.4. The number of pyridine rings is 1. The third-order valence-corrected chi connectivity index (χ3v) is 3.37. The molecule has 1 amide bonds. The molecule has 96 valence electrons. The van der Waals surface area contributed by atoms with Gasteiger partial charge in [0.05, 0.1) is 0 Å². The lowest BCUT2D eigenvalue weighted by atomic mass is 10.1. The van der Waals surface area contributed by atoms with Crippen LogP contribution in [-0.2, 0) is 0 Å². The number of aromatic nitrogens is 1. The molecular weight excluding hydrogens is 228 g/mol. The third-order valence-electron chi connectivity index (χ3n) is 3.37. The van der Waals surface area contributed by atoms with E-state index in [9.17, 15) is 9.59 Å². The molecule has 4 heteroatoms. The second-order valence-corrected chi connectivity index (χ2v) is 4.63. The Kier molecular flexibility index (Phi) is 3.97. The van der Waals surface area contributed by atoms with Gasteiger partial charge in [0, 0.05) is 30.4 Å². The van der Waals surface area contributed by atoms with E-state index in [0.29, 0.717) is 12.1 Å². The van der Waals surface area contributed by atoms with Crippen LogP contribution in [0.4, 0.5) is 0 Å². The normalized spacial score (nSPS) is 15.6. The molecule has 0 atom stereocenters. The van der Waals surface area contributed by atoms with E-state index in [2.05, 4.69) is 11.6 Å². The number of carbonyl (C=O) groups is 1. The molecule has 0 spiro atoms. The first-order chi connectivity index (χ1) is 8.72. The van der Waals surface area contributed by atoms with Crippen molar-refractivity contribution >= 4 is 5.91 Å². The predicted molar refractivity (Wildman–Crippen MR) is 70.6 cm³/mol. The average Bonchev–Trinajstić information content (AvgIpc) is 2.89. The van der Waals surface area contributed by atoms with Crippen LogP contribution < -0.4 is 5.56 Å². The topological polar surface area (TPSA) is 53.2 Å². The van der Waals surface area contributed by atoms with Gasteiger partial charge in [0.25, 0.3) is 5.91 Å². The summed E-state index contributed by atoms with van der Waals surface area (Å²) < 4.78 is 0. The number of nitrogens with one attached hydrogen (secondary N) is 1. The summed E-state index contributed by atoms with van der Waals surface area (Å²) in [5, 5.41) is 0. The summed E-state index contributed by atoms with van der Waals surface area (Å²) in [5.41, 5.74) is 0.207. The Morgan fingerprint density at radius 1 is 1.50 bits per heavy atom. The predicted octanol–water partition coefficient (Wildman–Crippen LogP) is 1.95. The standard InChI is InChI=1S/C14H18N2O2/c1-2-9-16(12-5-3-4-6-12)14(18)11-7-8-15-13(17)10-11/h2,7-8,10,12H,1,3-6,9H2,(H,15,17). The number of rotatable bonds is 4. The van der Waals surface area contributed by atoms with E-state index >= 15 is 0 Å². The van der Waals surface area contributed by atoms with E-state index < -0.39 is 0 Å². The van der Waals surface area contributed by atoms with E-state index in [-0.39, 0.29) is 17.5 Å². The number of amides is 1. The Morgan fingerprint density at radius 3 is 2.83 bits per heavy atom. The highest BCUT2D eigenvalue weighted by Crippen LogP contribution is 2.24. The molecule has 1 aromatic heterocycles. The molecule has 0 radical (unpaired) electrons. The van der Waals surface area contributed by atoms with Crippen LogP contribution in [-0.4, -0.2) is 28.4 Å². The summed E-state index contributed by atoms with van der Waals surface area (Å²) in [6, 6.07) is 3.29. The van der Waals surface area contributed by atoms with Gasteiger partial charge in [0.15, 0.2) is 0 Å². The van der Waals surface area contributed by atoms with Gasteiger partial charge >= 0.3 is 0 Å². The maximum absolute atomic E-state index is 12.4. The molecule has 0 aromatic carbocycles. The van der Waals surface area contributed by atoms with Gasteiger partial charge in [-0.3, -0.25) is 9.59 Å². The Hall–Kier alpha value is -1.84. The molecule has 18 heavy (non-hydrogen) atoms. The van der Waals surface area contributed by atoms with Gasteiger partial charge in [-0.15, -0.1) is 6.58 Å². The molecule has 0 unspecified atom stereocenters. The lowest BCUT2D eigenvalue weighted by molar-refractivity contribution is 0.0706. The number of nitrogens with zero attached hydrogens (tertiary/aromatic N) is 1. The van der Waals surface area contributed by atoms with Crippen molar-refractivity contribution in [1.29, 1.82) is 0 Å². The van der Waals surface area contributed by atoms with Crippen LogP contribution in [0.25, 0.3) is 0 Å². The Morgan fingerprint density at radius 2 is 2.22 bits per heavy atom. The van der Waals surface area contributed by atoms with E-state index in [0.717, 1.165) is 12.8 Å². The molecule has 1 aliphatic carbocycles. The first kappa shape index (κ1) is 12.6. The fraction of sp³-hybridized carbons (Fsp3) is 0.429. The molecule has 0 bridgehead atoms. The van der Waals surface area contributed by atoms with Gasteiger partial charge in [0.2, 0.25) is 5.56 Å². The molecule has 0 aliphatic heterocycles. The molecule has 1 saturated carbocycles. The summed E-state index contributed by atoms with van der Waals surface area (Å²) in [7, 11) is 0. The summed E-state index contributed by atoms with van der Waals surface area (Å²) in [6.07, 6.45) is 7.67.